The van der Waals surface area contributed by atoms with Gasteiger partial charge in [0.15, 0.2) is 0 Å². The first-order chi connectivity index (χ1) is 9.08. The molecule has 0 bridgehead atoms. The van der Waals surface area contributed by atoms with Crippen molar-refractivity contribution < 1.29 is 4.74 Å². The average Bonchev–Trinajstić information content (AvgIpc) is 2.37. The average molecular weight is 385 g/mol. The fourth-order valence-corrected chi connectivity index (χ4v) is 2.86. The summed E-state index contributed by atoms with van der Waals surface area (Å²) in [6, 6.07) is 13.9. The maximum absolute atomic E-state index is 5.87. The SMILES string of the molecule is CC(N)c1ccc(OCc2ccccc2Br)cc1Br. The molecule has 0 amide bonds. The van der Waals surface area contributed by atoms with Crippen LogP contribution in [0.2, 0.25) is 0 Å². The molecule has 2 nitrogen and oxygen atoms in total. The summed E-state index contributed by atoms with van der Waals surface area (Å²) in [5, 5.41) is 0. The number of halogens is 2. The van der Waals surface area contributed by atoms with Crippen molar-refractivity contribution in [1.82, 2.24) is 0 Å². The summed E-state index contributed by atoms with van der Waals surface area (Å²) in [5.74, 6) is 0.826. The van der Waals surface area contributed by atoms with Crippen molar-refractivity contribution in [3.8, 4) is 5.75 Å². The van der Waals surface area contributed by atoms with Crippen LogP contribution in [0.15, 0.2) is 51.4 Å². The van der Waals surface area contributed by atoms with Gasteiger partial charge in [0.25, 0.3) is 0 Å². The minimum atomic E-state index is 0.00620. The molecule has 19 heavy (non-hydrogen) atoms. The smallest absolute Gasteiger partial charge is 0.120 e. The van der Waals surface area contributed by atoms with Crippen LogP contribution in [-0.2, 0) is 6.61 Å². The molecular weight excluding hydrogens is 370 g/mol. The van der Waals surface area contributed by atoms with Crippen molar-refractivity contribution in [2.24, 2.45) is 5.73 Å². The van der Waals surface area contributed by atoms with Crippen LogP contribution < -0.4 is 10.5 Å². The molecule has 1 atom stereocenters. The molecular formula is C15H15Br2NO. The van der Waals surface area contributed by atoms with E-state index in [9.17, 15) is 0 Å². The number of nitrogens with two attached hydrogens (primary N) is 1. The van der Waals surface area contributed by atoms with E-state index in [2.05, 4.69) is 31.9 Å². The molecule has 0 saturated heterocycles. The molecule has 2 aromatic rings. The van der Waals surface area contributed by atoms with Gasteiger partial charge in [-0.25, -0.2) is 0 Å². The Labute approximate surface area is 130 Å². The van der Waals surface area contributed by atoms with E-state index >= 15 is 0 Å². The lowest BCUT2D eigenvalue weighted by Crippen LogP contribution is -2.06. The van der Waals surface area contributed by atoms with Crippen LogP contribution in [0.25, 0.3) is 0 Å². The number of hydrogen-bond donors (Lipinski definition) is 1. The zero-order valence-corrected chi connectivity index (χ0v) is 13.7. The van der Waals surface area contributed by atoms with Crippen molar-refractivity contribution in [2.75, 3.05) is 0 Å². The van der Waals surface area contributed by atoms with Crippen LogP contribution >= 0.6 is 31.9 Å². The predicted octanol–water partition coefficient (Wildman–Crippen LogP) is 4.81. The first kappa shape index (κ1) is 14.6. The first-order valence-corrected chi connectivity index (χ1v) is 7.58. The molecule has 2 rings (SSSR count). The van der Waals surface area contributed by atoms with Crippen molar-refractivity contribution >= 4 is 31.9 Å². The van der Waals surface area contributed by atoms with Crippen LogP contribution in [0.5, 0.6) is 5.75 Å². The topological polar surface area (TPSA) is 35.2 Å². The largest absolute Gasteiger partial charge is 0.489 e. The van der Waals surface area contributed by atoms with Gasteiger partial charge in [0.2, 0.25) is 0 Å². The van der Waals surface area contributed by atoms with E-state index in [-0.39, 0.29) is 6.04 Å². The zero-order valence-electron chi connectivity index (χ0n) is 10.6. The second-order valence-electron chi connectivity index (χ2n) is 4.35. The molecule has 0 aliphatic heterocycles. The van der Waals surface area contributed by atoms with Gasteiger partial charge in [-0.15, -0.1) is 0 Å². The fraction of sp³-hybridized carbons (Fsp3) is 0.200. The van der Waals surface area contributed by atoms with Crippen molar-refractivity contribution in [3.05, 3.63) is 62.5 Å². The Bertz CT molecular complexity index is 570. The van der Waals surface area contributed by atoms with Crippen LogP contribution in [0.1, 0.15) is 24.1 Å². The lowest BCUT2D eigenvalue weighted by Gasteiger charge is -2.12. The molecule has 2 aromatic carbocycles. The molecule has 2 N–H and O–H groups in total. The third kappa shape index (κ3) is 3.81. The minimum absolute atomic E-state index is 0.00620. The summed E-state index contributed by atoms with van der Waals surface area (Å²) < 4.78 is 7.82. The summed E-state index contributed by atoms with van der Waals surface area (Å²) in [7, 11) is 0. The summed E-state index contributed by atoms with van der Waals surface area (Å²) in [4.78, 5) is 0. The van der Waals surface area contributed by atoms with Crippen LogP contribution in [0, 0.1) is 0 Å². The Balaban J connectivity index is 2.08. The predicted molar refractivity (Wildman–Crippen MR) is 85.2 cm³/mol. The van der Waals surface area contributed by atoms with Gasteiger partial charge in [-0.2, -0.15) is 0 Å². The van der Waals surface area contributed by atoms with E-state index in [0.717, 1.165) is 25.8 Å². The molecule has 0 saturated carbocycles. The second kappa shape index (κ2) is 6.55. The van der Waals surface area contributed by atoms with Gasteiger partial charge < -0.3 is 10.5 Å². The van der Waals surface area contributed by atoms with Crippen LogP contribution in [0.4, 0.5) is 0 Å². The van der Waals surface area contributed by atoms with Gasteiger partial charge in [0, 0.05) is 20.6 Å². The van der Waals surface area contributed by atoms with Crippen LogP contribution in [0.3, 0.4) is 0 Å². The van der Waals surface area contributed by atoms with Crippen LogP contribution in [-0.4, -0.2) is 0 Å². The minimum Gasteiger partial charge on any atom is -0.489 e. The highest BCUT2D eigenvalue weighted by atomic mass is 79.9. The number of rotatable bonds is 4. The van der Waals surface area contributed by atoms with Crippen molar-refractivity contribution in [3.63, 3.8) is 0 Å². The molecule has 0 aromatic heterocycles. The highest BCUT2D eigenvalue weighted by Crippen LogP contribution is 2.27. The Morgan fingerprint density at radius 1 is 1.11 bits per heavy atom. The van der Waals surface area contributed by atoms with Gasteiger partial charge in [0.1, 0.15) is 12.4 Å². The molecule has 0 heterocycles. The summed E-state index contributed by atoms with van der Waals surface area (Å²) in [6.45, 7) is 2.49. The van der Waals surface area contributed by atoms with E-state index in [1.165, 1.54) is 0 Å². The first-order valence-electron chi connectivity index (χ1n) is 5.99. The number of benzene rings is 2. The van der Waals surface area contributed by atoms with E-state index in [1.807, 2.05) is 49.4 Å². The highest BCUT2D eigenvalue weighted by Gasteiger charge is 2.07. The van der Waals surface area contributed by atoms with Gasteiger partial charge in [-0.05, 0) is 30.7 Å². The van der Waals surface area contributed by atoms with Gasteiger partial charge >= 0.3 is 0 Å². The number of ether oxygens (including phenoxy) is 1. The molecule has 1 unspecified atom stereocenters. The van der Waals surface area contributed by atoms with Gasteiger partial charge in [-0.1, -0.05) is 56.1 Å². The maximum Gasteiger partial charge on any atom is 0.120 e. The van der Waals surface area contributed by atoms with Crippen molar-refractivity contribution in [1.29, 1.82) is 0 Å². The van der Waals surface area contributed by atoms with Gasteiger partial charge in [-0.3, -0.25) is 0 Å². The summed E-state index contributed by atoms with van der Waals surface area (Å²) in [5.41, 5.74) is 8.07. The van der Waals surface area contributed by atoms with E-state index < -0.39 is 0 Å². The van der Waals surface area contributed by atoms with E-state index in [4.69, 9.17) is 10.5 Å². The van der Waals surface area contributed by atoms with E-state index in [0.29, 0.717) is 6.61 Å². The fourth-order valence-electron chi connectivity index (χ4n) is 1.74. The normalized spacial score (nSPS) is 12.2. The standard InChI is InChI=1S/C15H15Br2NO/c1-10(18)13-7-6-12(8-15(13)17)19-9-11-4-2-3-5-14(11)16/h2-8,10H,9,18H2,1H3. The molecule has 0 radical (unpaired) electrons. The highest BCUT2D eigenvalue weighted by molar-refractivity contribution is 9.10. The molecule has 4 heteroatoms. The molecule has 0 spiro atoms. The van der Waals surface area contributed by atoms with E-state index in [1.54, 1.807) is 0 Å². The molecule has 0 aliphatic carbocycles. The molecule has 100 valence electrons. The Morgan fingerprint density at radius 3 is 2.47 bits per heavy atom. The Morgan fingerprint density at radius 2 is 1.84 bits per heavy atom. The Kier molecular flexibility index (Phi) is 5.02. The number of hydrogen-bond acceptors (Lipinski definition) is 2. The van der Waals surface area contributed by atoms with Gasteiger partial charge in [0.05, 0.1) is 0 Å². The summed E-state index contributed by atoms with van der Waals surface area (Å²) in [6.07, 6.45) is 0. The third-order valence-electron chi connectivity index (χ3n) is 2.81. The van der Waals surface area contributed by atoms with Crippen molar-refractivity contribution in [2.45, 2.75) is 19.6 Å². The summed E-state index contributed by atoms with van der Waals surface area (Å²) >= 11 is 7.03. The quantitative estimate of drug-likeness (QED) is 0.820. The molecule has 0 aliphatic rings. The zero-order chi connectivity index (χ0) is 13.8. The lowest BCUT2D eigenvalue weighted by molar-refractivity contribution is 0.305. The Hall–Kier alpha value is -0.840. The lowest BCUT2D eigenvalue weighted by atomic mass is 10.1. The third-order valence-corrected chi connectivity index (χ3v) is 4.28. The maximum atomic E-state index is 5.87. The monoisotopic (exact) mass is 383 g/mol. The second-order valence-corrected chi connectivity index (χ2v) is 6.06. The molecule has 0 fully saturated rings.